The fraction of sp³-hybridized carbons (Fsp3) is 0.0789. The molecule has 7 nitrogen and oxygen atoms in total. The SMILES string of the molecule is N=C(/C(=C\NC(c1ccccc1)(c1ccccc1)c1ccccc1)C1=CN2C(c3noc(C(F)F)n3)=CNC2C=C1)c1ccc(F)cc1F. The van der Waals surface area contributed by atoms with Crippen molar-refractivity contribution in [1.29, 1.82) is 5.41 Å². The largest absolute Gasteiger partial charge is 0.373 e. The van der Waals surface area contributed by atoms with E-state index in [4.69, 9.17) is 4.52 Å². The lowest BCUT2D eigenvalue weighted by molar-refractivity contribution is 0.106. The molecule has 1 unspecified atom stereocenters. The molecule has 0 spiro atoms. The molecule has 0 bridgehead atoms. The van der Waals surface area contributed by atoms with Gasteiger partial charge in [0.25, 0.3) is 5.89 Å². The fourth-order valence-electron chi connectivity index (χ4n) is 6.05. The van der Waals surface area contributed by atoms with Crippen LogP contribution in [0, 0.1) is 17.0 Å². The summed E-state index contributed by atoms with van der Waals surface area (Å²) in [7, 11) is 0. The number of halogens is 4. The van der Waals surface area contributed by atoms with E-state index in [9.17, 15) is 18.6 Å². The molecule has 1 atom stereocenters. The number of benzene rings is 4. The van der Waals surface area contributed by atoms with Crippen LogP contribution in [0.25, 0.3) is 5.70 Å². The van der Waals surface area contributed by atoms with Crippen LogP contribution >= 0.6 is 0 Å². The van der Waals surface area contributed by atoms with Gasteiger partial charge in [0.2, 0.25) is 5.82 Å². The molecule has 49 heavy (non-hydrogen) atoms. The molecule has 1 aromatic heterocycles. The van der Waals surface area contributed by atoms with Crippen molar-refractivity contribution >= 4 is 11.4 Å². The Morgan fingerprint density at radius 2 is 1.51 bits per heavy atom. The van der Waals surface area contributed by atoms with Crippen LogP contribution in [0.5, 0.6) is 0 Å². The topological polar surface area (TPSA) is 90.1 Å². The van der Waals surface area contributed by atoms with E-state index in [1.165, 1.54) is 6.07 Å². The Labute approximate surface area is 279 Å². The van der Waals surface area contributed by atoms with Crippen LogP contribution < -0.4 is 10.6 Å². The number of fused-ring (bicyclic) bond motifs is 1. The van der Waals surface area contributed by atoms with Crippen LogP contribution in [-0.4, -0.2) is 26.9 Å². The molecule has 3 heterocycles. The van der Waals surface area contributed by atoms with Gasteiger partial charge in [-0.25, -0.2) is 8.78 Å². The van der Waals surface area contributed by atoms with Crippen molar-refractivity contribution in [2.75, 3.05) is 0 Å². The Kier molecular flexibility index (Phi) is 8.39. The van der Waals surface area contributed by atoms with Gasteiger partial charge >= 0.3 is 6.43 Å². The Balaban J connectivity index is 1.39. The predicted molar refractivity (Wildman–Crippen MR) is 177 cm³/mol. The maximum absolute atomic E-state index is 15.3. The lowest BCUT2D eigenvalue weighted by Crippen LogP contribution is -2.42. The molecule has 5 aromatic rings. The molecule has 0 saturated heterocycles. The van der Waals surface area contributed by atoms with Gasteiger partial charge in [-0.05, 0) is 34.9 Å². The van der Waals surface area contributed by atoms with Gasteiger partial charge in [0.1, 0.15) is 29.0 Å². The first-order valence-corrected chi connectivity index (χ1v) is 15.3. The molecule has 0 aliphatic carbocycles. The van der Waals surface area contributed by atoms with Gasteiger partial charge in [-0.3, -0.25) is 5.41 Å². The Morgan fingerprint density at radius 1 is 0.898 bits per heavy atom. The molecular formula is C38H28F4N6O. The van der Waals surface area contributed by atoms with E-state index in [0.717, 1.165) is 28.8 Å². The first-order chi connectivity index (χ1) is 23.8. The molecule has 2 aliphatic rings. The molecule has 3 N–H and O–H groups in total. The standard InChI is InChI=1S/C38H28F4N6O/c39-28-17-18-29(31(40)20-28)34(43)30(24-16-19-33-44-22-32(48(33)23-24)36-46-37(35(41)42)49-47-36)21-45-38(25-10-4-1-5-11-25,26-12-6-2-7-13-26)27-14-8-3-9-15-27/h1-23,33,35,43-45H/b30-21-,43-34?. The summed E-state index contributed by atoms with van der Waals surface area (Å²) in [6.45, 7) is 0. The van der Waals surface area contributed by atoms with Crippen LogP contribution in [0.4, 0.5) is 17.6 Å². The second-order valence-corrected chi connectivity index (χ2v) is 11.3. The highest BCUT2D eigenvalue weighted by Gasteiger charge is 2.36. The zero-order valence-corrected chi connectivity index (χ0v) is 25.7. The van der Waals surface area contributed by atoms with Gasteiger partial charge < -0.3 is 20.1 Å². The van der Waals surface area contributed by atoms with Crippen molar-refractivity contribution in [3.05, 3.63) is 197 Å². The van der Waals surface area contributed by atoms with Gasteiger partial charge in [-0.1, -0.05) is 102 Å². The highest BCUT2D eigenvalue weighted by atomic mass is 19.3. The molecule has 11 heteroatoms. The number of allylic oxidation sites excluding steroid dienone is 3. The van der Waals surface area contributed by atoms with Crippen molar-refractivity contribution in [2.45, 2.75) is 18.1 Å². The summed E-state index contributed by atoms with van der Waals surface area (Å²) in [4.78, 5) is 5.54. The van der Waals surface area contributed by atoms with Gasteiger partial charge in [-0.15, -0.1) is 0 Å². The smallest absolute Gasteiger partial charge is 0.315 e. The van der Waals surface area contributed by atoms with Crippen molar-refractivity contribution < 1.29 is 22.1 Å². The van der Waals surface area contributed by atoms with E-state index < -0.39 is 35.7 Å². The van der Waals surface area contributed by atoms with E-state index in [1.807, 2.05) is 91.0 Å². The summed E-state index contributed by atoms with van der Waals surface area (Å²) in [5.41, 5.74) is 2.46. The molecule has 4 aromatic carbocycles. The fourth-order valence-corrected chi connectivity index (χ4v) is 6.05. The molecule has 0 fully saturated rings. The van der Waals surface area contributed by atoms with Crippen LogP contribution in [-0.2, 0) is 5.54 Å². The summed E-state index contributed by atoms with van der Waals surface area (Å²) >= 11 is 0. The maximum Gasteiger partial charge on any atom is 0.315 e. The molecule has 2 aliphatic heterocycles. The average molecular weight is 661 g/mol. The third-order valence-electron chi connectivity index (χ3n) is 8.40. The van der Waals surface area contributed by atoms with Crippen LogP contribution in [0.15, 0.2) is 156 Å². The summed E-state index contributed by atoms with van der Waals surface area (Å²) in [6.07, 6.45) is 5.13. The zero-order chi connectivity index (χ0) is 34.0. The van der Waals surface area contributed by atoms with Gasteiger partial charge in [0.15, 0.2) is 0 Å². The van der Waals surface area contributed by atoms with Crippen molar-refractivity contribution in [3.63, 3.8) is 0 Å². The number of nitrogens with one attached hydrogen (secondary N) is 3. The van der Waals surface area contributed by atoms with Crippen LogP contribution in [0.3, 0.4) is 0 Å². The second kappa shape index (κ2) is 13.1. The second-order valence-electron chi connectivity index (χ2n) is 11.3. The van der Waals surface area contributed by atoms with Crippen molar-refractivity contribution in [1.82, 2.24) is 25.7 Å². The van der Waals surface area contributed by atoms with Crippen LogP contribution in [0.2, 0.25) is 0 Å². The molecular weight excluding hydrogens is 632 g/mol. The predicted octanol–water partition coefficient (Wildman–Crippen LogP) is 7.80. The first-order valence-electron chi connectivity index (χ1n) is 15.3. The lowest BCUT2D eigenvalue weighted by atomic mass is 9.77. The van der Waals surface area contributed by atoms with E-state index in [-0.39, 0.29) is 22.7 Å². The van der Waals surface area contributed by atoms with E-state index in [0.29, 0.717) is 11.3 Å². The number of hydrogen-bond donors (Lipinski definition) is 3. The number of rotatable bonds is 10. The minimum atomic E-state index is -2.94. The minimum absolute atomic E-state index is 0.0595. The average Bonchev–Trinajstić information content (AvgIpc) is 3.79. The number of alkyl halides is 2. The van der Waals surface area contributed by atoms with E-state index >= 15 is 4.39 Å². The highest BCUT2D eigenvalue weighted by molar-refractivity contribution is 6.14. The molecule has 0 saturated carbocycles. The number of nitrogens with zero attached hydrogens (tertiary/aromatic N) is 3. The third kappa shape index (κ3) is 5.91. The Hall–Kier alpha value is -6.23. The lowest BCUT2D eigenvalue weighted by Gasteiger charge is -2.37. The van der Waals surface area contributed by atoms with Gasteiger partial charge in [-0.2, -0.15) is 13.8 Å². The molecule has 0 amide bonds. The molecule has 244 valence electrons. The summed E-state index contributed by atoms with van der Waals surface area (Å²) in [5, 5.41) is 19.8. The number of aromatic nitrogens is 2. The summed E-state index contributed by atoms with van der Waals surface area (Å²) < 4.78 is 60.5. The Bertz CT molecular complexity index is 2010. The summed E-state index contributed by atoms with van der Waals surface area (Å²) in [5.74, 6) is -2.54. The molecule has 7 rings (SSSR count). The third-order valence-corrected chi connectivity index (χ3v) is 8.40. The van der Waals surface area contributed by atoms with Gasteiger partial charge in [0, 0.05) is 41.4 Å². The number of hydrogen-bond acceptors (Lipinski definition) is 7. The quantitative estimate of drug-likeness (QED) is 0.0805. The van der Waals surface area contributed by atoms with Gasteiger partial charge in [0.05, 0.1) is 5.71 Å². The van der Waals surface area contributed by atoms with E-state index in [1.54, 1.807) is 35.7 Å². The normalized spacial score (nSPS) is 15.8. The van der Waals surface area contributed by atoms with E-state index in [2.05, 4.69) is 20.8 Å². The minimum Gasteiger partial charge on any atom is -0.373 e. The highest BCUT2D eigenvalue weighted by Crippen LogP contribution is 2.38. The van der Waals surface area contributed by atoms with Crippen molar-refractivity contribution in [3.8, 4) is 0 Å². The molecule has 0 radical (unpaired) electrons. The van der Waals surface area contributed by atoms with Crippen LogP contribution in [0.1, 0.15) is 40.4 Å². The monoisotopic (exact) mass is 660 g/mol. The Morgan fingerprint density at radius 3 is 2.06 bits per heavy atom. The first kappa shape index (κ1) is 31.4. The summed E-state index contributed by atoms with van der Waals surface area (Å²) in [6, 6.07) is 32.5. The zero-order valence-electron chi connectivity index (χ0n) is 25.7. The maximum atomic E-state index is 15.3. The van der Waals surface area contributed by atoms with Crippen molar-refractivity contribution in [2.24, 2.45) is 0 Å².